The second kappa shape index (κ2) is 7.30. The van der Waals surface area contributed by atoms with E-state index in [1.54, 1.807) is 11.3 Å². The Kier molecular flexibility index (Phi) is 5.17. The topological polar surface area (TPSA) is 0 Å². The molecule has 0 atom stereocenters. The standard InChI is InChI=1S/C20H21ClS/c1-2-3-4-5-10-18-14-19(22-20(18)21)17-12-11-15-8-6-7-9-16(15)13-17/h6-9,11-14H,2-5,10H2,1H3. The van der Waals surface area contributed by atoms with Crippen LogP contribution < -0.4 is 0 Å². The molecule has 2 heteroatoms. The van der Waals surface area contributed by atoms with Crippen LogP contribution in [0.15, 0.2) is 48.5 Å². The molecular weight excluding hydrogens is 308 g/mol. The maximum Gasteiger partial charge on any atom is 0.0966 e. The van der Waals surface area contributed by atoms with Gasteiger partial charge in [0.15, 0.2) is 0 Å². The SMILES string of the molecule is CCCCCCc1cc(-c2ccc3ccccc3c2)sc1Cl. The lowest BCUT2D eigenvalue weighted by molar-refractivity contribution is 0.667. The van der Waals surface area contributed by atoms with Gasteiger partial charge in [0, 0.05) is 4.88 Å². The van der Waals surface area contributed by atoms with Crippen LogP contribution in [0.25, 0.3) is 21.2 Å². The summed E-state index contributed by atoms with van der Waals surface area (Å²) < 4.78 is 0.958. The monoisotopic (exact) mass is 328 g/mol. The van der Waals surface area contributed by atoms with Gasteiger partial charge < -0.3 is 0 Å². The van der Waals surface area contributed by atoms with Gasteiger partial charge in [-0.2, -0.15) is 0 Å². The van der Waals surface area contributed by atoms with Crippen molar-refractivity contribution in [3.05, 3.63) is 58.4 Å². The smallest absolute Gasteiger partial charge is 0.0966 e. The van der Waals surface area contributed by atoms with Gasteiger partial charge in [-0.1, -0.05) is 74.2 Å². The van der Waals surface area contributed by atoms with Crippen LogP contribution >= 0.6 is 22.9 Å². The highest BCUT2D eigenvalue weighted by Crippen LogP contribution is 2.36. The molecule has 3 rings (SSSR count). The Hall–Kier alpha value is -1.31. The number of unbranched alkanes of at least 4 members (excludes halogenated alkanes) is 3. The van der Waals surface area contributed by atoms with Gasteiger partial charge in [-0.05, 0) is 46.9 Å². The normalized spacial score (nSPS) is 11.2. The van der Waals surface area contributed by atoms with Crippen molar-refractivity contribution in [2.24, 2.45) is 0 Å². The van der Waals surface area contributed by atoms with Crippen molar-refractivity contribution >= 4 is 33.7 Å². The van der Waals surface area contributed by atoms with Crippen LogP contribution in [0.3, 0.4) is 0 Å². The number of aryl methyl sites for hydroxylation is 1. The Labute approximate surface area is 141 Å². The van der Waals surface area contributed by atoms with Gasteiger partial charge in [0.05, 0.1) is 4.34 Å². The number of hydrogen-bond donors (Lipinski definition) is 0. The fourth-order valence-corrected chi connectivity index (χ4v) is 4.13. The van der Waals surface area contributed by atoms with Gasteiger partial charge in [0.2, 0.25) is 0 Å². The molecule has 0 nitrogen and oxygen atoms in total. The van der Waals surface area contributed by atoms with Crippen LogP contribution in [0.1, 0.15) is 38.2 Å². The van der Waals surface area contributed by atoms with E-state index in [2.05, 4.69) is 55.5 Å². The molecule has 0 bridgehead atoms. The molecule has 1 aromatic heterocycles. The molecule has 0 aliphatic rings. The summed E-state index contributed by atoms with van der Waals surface area (Å²) in [5.41, 5.74) is 2.58. The Balaban J connectivity index is 1.81. The molecule has 1 heterocycles. The molecule has 0 N–H and O–H groups in total. The van der Waals surface area contributed by atoms with Crippen molar-refractivity contribution in [3.8, 4) is 10.4 Å². The fraction of sp³-hybridized carbons (Fsp3) is 0.300. The van der Waals surface area contributed by atoms with E-state index in [0.717, 1.165) is 10.8 Å². The first-order chi connectivity index (χ1) is 10.8. The van der Waals surface area contributed by atoms with E-state index in [4.69, 9.17) is 11.6 Å². The molecule has 0 spiro atoms. The van der Waals surface area contributed by atoms with E-state index in [9.17, 15) is 0 Å². The highest BCUT2D eigenvalue weighted by Gasteiger charge is 2.09. The number of thiophene rings is 1. The van der Waals surface area contributed by atoms with Crippen molar-refractivity contribution in [3.63, 3.8) is 0 Å². The predicted octanol–water partition coefficient (Wildman–Crippen LogP) is 7.34. The van der Waals surface area contributed by atoms with Crippen LogP contribution in [-0.4, -0.2) is 0 Å². The van der Waals surface area contributed by atoms with E-state index in [0.29, 0.717) is 0 Å². The van der Waals surface area contributed by atoms with Crippen LogP contribution in [-0.2, 0) is 6.42 Å². The summed E-state index contributed by atoms with van der Waals surface area (Å²) in [7, 11) is 0. The Morgan fingerprint density at radius 1 is 0.909 bits per heavy atom. The van der Waals surface area contributed by atoms with Crippen molar-refractivity contribution < 1.29 is 0 Å². The molecule has 0 fully saturated rings. The molecule has 114 valence electrons. The third-order valence-corrected chi connectivity index (χ3v) is 5.58. The zero-order chi connectivity index (χ0) is 15.4. The number of fused-ring (bicyclic) bond motifs is 1. The van der Waals surface area contributed by atoms with E-state index >= 15 is 0 Å². The first-order valence-electron chi connectivity index (χ1n) is 8.05. The summed E-state index contributed by atoms with van der Waals surface area (Å²) in [6, 6.07) is 17.4. The average molecular weight is 329 g/mol. The van der Waals surface area contributed by atoms with Crippen molar-refractivity contribution in [1.29, 1.82) is 0 Å². The molecule has 0 saturated carbocycles. The third-order valence-electron chi connectivity index (χ3n) is 4.09. The van der Waals surface area contributed by atoms with Crippen molar-refractivity contribution in [2.75, 3.05) is 0 Å². The van der Waals surface area contributed by atoms with Gasteiger partial charge in [0.1, 0.15) is 0 Å². The average Bonchev–Trinajstić information content (AvgIpc) is 2.92. The van der Waals surface area contributed by atoms with E-state index in [-0.39, 0.29) is 0 Å². The highest BCUT2D eigenvalue weighted by molar-refractivity contribution is 7.19. The zero-order valence-electron chi connectivity index (χ0n) is 12.9. The Bertz CT molecular complexity index is 757. The molecule has 22 heavy (non-hydrogen) atoms. The lowest BCUT2D eigenvalue weighted by Gasteiger charge is -2.01. The zero-order valence-corrected chi connectivity index (χ0v) is 14.5. The van der Waals surface area contributed by atoms with E-state index in [1.165, 1.54) is 52.5 Å². The molecular formula is C20H21ClS. The van der Waals surface area contributed by atoms with Gasteiger partial charge in [-0.3, -0.25) is 0 Å². The second-order valence-electron chi connectivity index (χ2n) is 5.78. The van der Waals surface area contributed by atoms with Crippen molar-refractivity contribution in [2.45, 2.75) is 39.0 Å². The second-order valence-corrected chi connectivity index (χ2v) is 7.44. The summed E-state index contributed by atoms with van der Waals surface area (Å²) in [5.74, 6) is 0. The molecule has 0 saturated heterocycles. The molecule has 3 aromatic rings. The van der Waals surface area contributed by atoms with Gasteiger partial charge in [-0.25, -0.2) is 0 Å². The first kappa shape index (κ1) is 15.6. The fourth-order valence-electron chi connectivity index (χ4n) is 2.80. The quantitative estimate of drug-likeness (QED) is 0.415. The maximum absolute atomic E-state index is 6.44. The summed E-state index contributed by atoms with van der Waals surface area (Å²) in [5, 5.41) is 2.57. The lowest BCUT2D eigenvalue weighted by atomic mass is 10.0. The van der Waals surface area contributed by atoms with E-state index in [1.807, 2.05) is 0 Å². The van der Waals surface area contributed by atoms with Crippen molar-refractivity contribution in [1.82, 2.24) is 0 Å². The lowest BCUT2D eigenvalue weighted by Crippen LogP contribution is -1.83. The van der Waals surface area contributed by atoms with Gasteiger partial charge in [-0.15, -0.1) is 11.3 Å². The number of rotatable bonds is 6. The van der Waals surface area contributed by atoms with Crippen LogP contribution in [0.4, 0.5) is 0 Å². The Morgan fingerprint density at radius 3 is 2.55 bits per heavy atom. The molecule has 0 aliphatic carbocycles. The van der Waals surface area contributed by atoms with Gasteiger partial charge >= 0.3 is 0 Å². The third kappa shape index (κ3) is 3.53. The number of benzene rings is 2. The van der Waals surface area contributed by atoms with Crippen LogP contribution in [0.2, 0.25) is 4.34 Å². The molecule has 0 amide bonds. The van der Waals surface area contributed by atoms with Crippen LogP contribution in [0.5, 0.6) is 0 Å². The van der Waals surface area contributed by atoms with E-state index < -0.39 is 0 Å². The van der Waals surface area contributed by atoms with Gasteiger partial charge in [0.25, 0.3) is 0 Å². The highest BCUT2D eigenvalue weighted by atomic mass is 35.5. The van der Waals surface area contributed by atoms with Crippen LogP contribution in [0, 0.1) is 0 Å². The Morgan fingerprint density at radius 2 is 1.73 bits per heavy atom. The maximum atomic E-state index is 6.44. The molecule has 2 aromatic carbocycles. The number of halogens is 1. The number of hydrogen-bond acceptors (Lipinski definition) is 1. The summed E-state index contributed by atoms with van der Waals surface area (Å²) in [6.07, 6.45) is 6.23. The minimum absolute atomic E-state index is 0.958. The summed E-state index contributed by atoms with van der Waals surface area (Å²) in [4.78, 5) is 1.28. The molecule has 0 radical (unpaired) electrons. The summed E-state index contributed by atoms with van der Waals surface area (Å²) in [6.45, 7) is 2.25. The first-order valence-corrected chi connectivity index (χ1v) is 9.25. The minimum Gasteiger partial charge on any atom is -0.123 e. The largest absolute Gasteiger partial charge is 0.123 e. The molecule has 0 aliphatic heterocycles. The molecule has 0 unspecified atom stereocenters. The predicted molar refractivity (Wildman–Crippen MR) is 100 cm³/mol. The summed E-state index contributed by atoms with van der Waals surface area (Å²) >= 11 is 8.15. The minimum atomic E-state index is 0.958.